The number of ether oxygens (including phenoxy) is 3. The van der Waals surface area contributed by atoms with Crippen molar-refractivity contribution in [2.75, 3.05) is 6.61 Å². The molecular formula is C17H24O6. The van der Waals surface area contributed by atoms with Gasteiger partial charge in [-0.05, 0) is 26.2 Å². The Hall–Kier alpha value is -1.59. The summed E-state index contributed by atoms with van der Waals surface area (Å²) in [5, 5.41) is 0. The van der Waals surface area contributed by atoms with Crippen LogP contribution in [0.3, 0.4) is 0 Å². The van der Waals surface area contributed by atoms with E-state index in [-0.39, 0.29) is 54.7 Å². The van der Waals surface area contributed by atoms with Crippen molar-refractivity contribution in [1.29, 1.82) is 0 Å². The van der Waals surface area contributed by atoms with Crippen LogP contribution in [-0.2, 0) is 28.6 Å². The molecular weight excluding hydrogens is 300 g/mol. The van der Waals surface area contributed by atoms with E-state index >= 15 is 0 Å². The number of esters is 3. The standard InChI is InChI=1S/C17H24O6/c1-4-9(2)15(19)21-6-5-13(18)23-17(3)10-7-11-12(8-10)16(20)22-14(11)17/h9-12,14H,4-8H2,1-3H3. The Kier molecular flexibility index (Phi) is 4.10. The average molecular weight is 324 g/mol. The molecule has 6 unspecified atom stereocenters. The molecule has 6 atom stereocenters. The van der Waals surface area contributed by atoms with Crippen LogP contribution >= 0.6 is 0 Å². The highest BCUT2D eigenvalue weighted by molar-refractivity contribution is 5.78. The molecule has 0 spiro atoms. The van der Waals surface area contributed by atoms with Gasteiger partial charge in [-0.25, -0.2) is 0 Å². The van der Waals surface area contributed by atoms with Gasteiger partial charge in [0.2, 0.25) is 0 Å². The van der Waals surface area contributed by atoms with Gasteiger partial charge in [-0.3, -0.25) is 14.4 Å². The van der Waals surface area contributed by atoms with Crippen molar-refractivity contribution in [3.8, 4) is 0 Å². The number of hydrogen-bond acceptors (Lipinski definition) is 6. The number of carbonyl (C=O) groups is 3. The van der Waals surface area contributed by atoms with Crippen molar-refractivity contribution in [3.05, 3.63) is 0 Å². The quantitative estimate of drug-likeness (QED) is 0.548. The molecule has 2 saturated carbocycles. The monoisotopic (exact) mass is 324 g/mol. The van der Waals surface area contributed by atoms with E-state index in [9.17, 15) is 14.4 Å². The lowest BCUT2D eigenvalue weighted by molar-refractivity contribution is -0.180. The van der Waals surface area contributed by atoms with Crippen molar-refractivity contribution in [2.45, 2.75) is 58.2 Å². The van der Waals surface area contributed by atoms with Crippen molar-refractivity contribution in [2.24, 2.45) is 23.7 Å². The minimum Gasteiger partial charge on any atom is -0.465 e. The second-order valence-electron chi connectivity index (χ2n) is 7.18. The maximum absolute atomic E-state index is 12.1. The zero-order valence-electron chi connectivity index (χ0n) is 13.9. The van der Waals surface area contributed by atoms with E-state index in [1.807, 2.05) is 13.8 Å². The number of hydrogen-bond donors (Lipinski definition) is 0. The molecule has 6 heteroatoms. The maximum Gasteiger partial charge on any atom is 0.309 e. The summed E-state index contributed by atoms with van der Waals surface area (Å²) in [6, 6.07) is 0. The predicted octanol–water partition coefficient (Wildman–Crippen LogP) is 1.85. The summed E-state index contributed by atoms with van der Waals surface area (Å²) >= 11 is 0. The van der Waals surface area contributed by atoms with Gasteiger partial charge in [0.15, 0.2) is 0 Å². The molecule has 6 nitrogen and oxygen atoms in total. The van der Waals surface area contributed by atoms with Crippen LogP contribution < -0.4 is 0 Å². The lowest BCUT2D eigenvalue weighted by Gasteiger charge is -2.36. The highest BCUT2D eigenvalue weighted by Crippen LogP contribution is 2.60. The zero-order valence-corrected chi connectivity index (χ0v) is 13.9. The third-order valence-electron chi connectivity index (χ3n) is 5.82. The van der Waals surface area contributed by atoms with E-state index in [1.165, 1.54) is 0 Å². The molecule has 3 fully saturated rings. The van der Waals surface area contributed by atoms with Gasteiger partial charge >= 0.3 is 17.9 Å². The topological polar surface area (TPSA) is 78.9 Å². The summed E-state index contributed by atoms with van der Waals surface area (Å²) < 4.78 is 16.2. The largest absolute Gasteiger partial charge is 0.465 e. The third kappa shape index (κ3) is 2.62. The molecule has 0 aromatic heterocycles. The van der Waals surface area contributed by atoms with Crippen molar-refractivity contribution < 1.29 is 28.6 Å². The van der Waals surface area contributed by atoms with Crippen LogP contribution in [-0.4, -0.2) is 36.2 Å². The van der Waals surface area contributed by atoms with Crippen molar-refractivity contribution >= 4 is 17.9 Å². The summed E-state index contributed by atoms with van der Waals surface area (Å²) in [6.45, 7) is 5.59. The van der Waals surface area contributed by atoms with Crippen molar-refractivity contribution in [1.82, 2.24) is 0 Å². The molecule has 3 aliphatic rings. The first-order valence-corrected chi connectivity index (χ1v) is 8.45. The second-order valence-corrected chi connectivity index (χ2v) is 7.18. The van der Waals surface area contributed by atoms with Crippen LogP contribution in [0.1, 0.15) is 46.5 Å². The Morgan fingerprint density at radius 3 is 2.83 bits per heavy atom. The normalized spacial score (nSPS) is 38.3. The minimum atomic E-state index is -0.731. The fourth-order valence-corrected chi connectivity index (χ4v) is 4.20. The van der Waals surface area contributed by atoms with Crippen LogP contribution in [0.4, 0.5) is 0 Å². The molecule has 0 amide bonds. The number of carbonyl (C=O) groups excluding carboxylic acids is 3. The molecule has 1 heterocycles. The van der Waals surface area contributed by atoms with E-state index < -0.39 is 11.6 Å². The molecule has 1 aliphatic heterocycles. The lowest BCUT2D eigenvalue weighted by Crippen LogP contribution is -2.47. The summed E-state index contributed by atoms with van der Waals surface area (Å²) in [5.41, 5.74) is -0.731. The first-order chi connectivity index (χ1) is 10.9. The van der Waals surface area contributed by atoms with Crippen LogP contribution in [0.15, 0.2) is 0 Å². The van der Waals surface area contributed by atoms with E-state index in [1.54, 1.807) is 6.92 Å². The van der Waals surface area contributed by atoms with E-state index in [4.69, 9.17) is 14.2 Å². The third-order valence-corrected chi connectivity index (χ3v) is 5.82. The van der Waals surface area contributed by atoms with Gasteiger partial charge in [-0.2, -0.15) is 0 Å². The molecule has 23 heavy (non-hydrogen) atoms. The summed E-state index contributed by atoms with van der Waals surface area (Å²) in [5.74, 6) is -0.647. The number of fused-ring (bicyclic) bond motifs is 1. The molecule has 128 valence electrons. The Morgan fingerprint density at radius 2 is 2.13 bits per heavy atom. The minimum absolute atomic E-state index is 0.00624. The van der Waals surface area contributed by atoms with Gasteiger partial charge in [-0.15, -0.1) is 0 Å². The molecule has 0 radical (unpaired) electrons. The fourth-order valence-electron chi connectivity index (χ4n) is 4.20. The van der Waals surface area contributed by atoms with Crippen molar-refractivity contribution in [3.63, 3.8) is 0 Å². The van der Waals surface area contributed by atoms with E-state index in [2.05, 4.69) is 0 Å². The van der Waals surface area contributed by atoms with Crippen LogP contribution in [0.2, 0.25) is 0 Å². The van der Waals surface area contributed by atoms with Gasteiger partial charge in [0, 0.05) is 11.8 Å². The average Bonchev–Trinajstić information content (AvgIpc) is 3.11. The fraction of sp³-hybridized carbons (Fsp3) is 0.824. The van der Waals surface area contributed by atoms with E-state index in [0.717, 1.165) is 12.8 Å². The highest BCUT2D eigenvalue weighted by atomic mass is 16.6. The van der Waals surface area contributed by atoms with E-state index in [0.29, 0.717) is 6.42 Å². The zero-order chi connectivity index (χ0) is 16.8. The molecule has 1 saturated heterocycles. The summed E-state index contributed by atoms with van der Waals surface area (Å²) in [6.07, 6.45) is 2.05. The predicted molar refractivity (Wildman–Crippen MR) is 79.1 cm³/mol. The van der Waals surface area contributed by atoms with Crippen LogP contribution in [0.25, 0.3) is 0 Å². The lowest BCUT2D eigenvalue weighted by atomic mass is 9.79. The Labute approximate surface area is 135 Å². The van der Waals surface area contributed by atoms with Crippen LogP contribution in [0.5, 0.6) is 0 Å². The molecule has 0 aromatic carbocycles. The first kappa shape index (κ1) is 16.3. The Balaban J connectivity index is 1.51. The first-order valence-electron chi connectivity index (χ1n) is 8.45. The van der Waals surface area contributed by atoms with Gasteiger partial charge in [0.25, 0.3) is 0 Å². The van der Waals surface area contributed by atoms with Gasteiger partial charge in [0.1, 0.15) is 18.3 Å². The molecule has 3 rings (SSSR count). The molecule has 2 bridgehead atoms. The molecule has 2 aliphatic carbocycles. The van der Waals surface area contributed by atoms with Gasteiger partial charge < -0.3 is 14.2 Å². The number of rotatable bonds is 6. The molecule has 0 N–H and O–H groups in total. The summed E-state index contributed by atoms with van der Waals surface area (Å²) in [7, 11) is 0. The van der Waals surface area contributed by atoms with Gasteiger partial charge in [0.05, 0.1) is 18.3 Å². The highest BCUT2D eigenvalue weighted by Gasteiger charge is 2.69. The Bertz CT molecular complexity index is 529. The van der Waals surface area contributed by atoms with Crippen LogP contribution in [0, 0.1) is 23.7 Å². The SMILES string of the molecule is CCC(C)C(=O)OCCC(=O)OC1(C)C2CC3C(=O)OC1C3C2. The second kappa shape index (κ2) is 5.80. The summed E-state index contributed by atoms with van der Waals surface area (Å²) in [4.78, 5) is 35.5. The van der Waals surface area contributed by atoms with Gasteiger partial charge in [-0.1, -0.05) is 13.8 Å². The smallest absolute Gasteiger partial charge is 0.309 e. The maximum atomic E-state index is 12.1. The Morgan fingerprint density at radius 1 is 1.39 bits per heavy atom. The molecule has 0 aromatic rings.